The minimum atomic E-state index is -0.163. The quantitative estimate of drug-likeness (QED) is 0.800. The van der Waals surface area contributed by atoms with Crippen LogP contribution in [0.5, 0.6) is 0 Å². The number of benzene rings is 1. The van der Waals surface area contributed by atoms with E-state index in [0.717, 1.165) is 25.1 Å². The normalized spacial score (nSPS) is 22.2. The second-order valence-corrected chi connectivity index (χ2v) is 4.22. The lowest BCUT2D eigenvalue weighted by atomic mass is 9.99. The number of halogens is 2. The molecule has 0 bridgehead atoms. The van der Waals surface area contributed by atoms with Crippen LogP contribution >= 0.6 is 15.9 Å². The summed E-state index contributed by atoms with van der Waals surface area (Å²) in [6, 6.07) is 5.40. The van der Waals surface area contributed by atoms with Crippen molar-refractivity contribution < 1.29 is 4.39 Å². The van der Waals surface area contributed by atoms with Crippen molar-refractivity contribution in [1.29, 1.82) is 0 Å². The summed E-state index contributed by atoms with van der Waals surface area (Å²) in [5.41, 5.74) is 1.10. The molecule has 1 aliphatic heterocycles. The van der Waals surface area contributed by atoms with Gasteiger partial charge in [0.15, 0.2) is 0 Å². The Hall–Kier alpha value is -0.410. The molecule has 0 aliphatic carbocycles. The standard InChI is InChI=1S/C10H11BrFN/c11-9-2-1-7(5-10(9)12)8-3-4-13-6-8/h1-2,5,8,13H,3-4,6H2/t8-/m0/s1. The Morgan fingerprint density at radius 1 is 1.46 bits per heavy atom. The van der Waals surface area contributed by atoms with Crippen LogP contribution in [0.2, 0.25) is 0 Å². The van der Waals surface area contributed by atoms with E-state index in [1.54, 1.807) is 12.1 Å². The molecule has 0 saturated carbocycles. The van der Waals surface area contributed by atoms with Crippen molar-refractivity contribution in [2.45, 2.75) is 12.3 Å². The highest BCUT2D eigenvalue weighted by Crippen LogP contribution is 2.25. The molecular weight excluding hydrogens is 233 g/mol. The third kappa shape index (κ3) is 1.92. The van der Waals surface area contributed by atoms with E-state index in [0.29, 0.717) is 10.4 Å². The van der Waals surface area contributed by atoms with Crippen LogP contribution in [-0.2, 0) is 0 Å². The smallest absolute Gasteiger partial charge is 0.137 e. The first-order valence-corrected chi connectivity index (χ1v) is 5.22. The van der Waals surface area contributed by atoms with E-state index in [9.17, 15) is 4.39 Å². The highest BCUT2D eigenvalue weighted by atomic mass is 79.9. The van der Waals surface area contributed by atoms with E-state index in [4.69, 9.17) is 0 Å². The third-order valence-electron chi connectivity index (χ3n) is 2.48. The molecule has 1 nitrogen and oxygen atoms in total. The maximum atomic E-state index is 13.2. The van der Waals surface area contributed by atoms with E-state index in [2.05, 4.69) is 21.2 Å². The molecule has 1 saturated heterocycles. The maximum absolute atomic E-state index is 13.2. The average molecular weight is 244 g/mol. The molecule has 1 aromatic rings. The van der Waals surface area contributed by atoms with Crippen molar-refractivity contribution in [3.05, 3.63) is 34.1 Å². The first-order valence-electron chi connectivity index (χ1n) is 4.43. The van der Waals surface area contributed by atoms with E-state index >= 15 is 0 Å². The molecule has 0 radical (unpaired) electrons. The van der Waals surface area contributed by atoms with E-state index < -0.39 is 0 Å². The number of hydrogen-bond acceptors (Lipinski definition) is 1. The van der Waals surface area contributed by atoms with Crippen LogP contribution in [0.25, 0.3) is 0 Å². The second-order valence-electron chi connectivity index (χ2n) is 3.36. The fourth-order valence-electron chi connectivity index (χ4n) is 1.71. The molecule has 3 heteroatoms. The molecule has 1 N–H and O–H groups in total. The van der Waals surface area contributed by atoms with Crippen LogP contribution in [0.3, 0.4) is 0 Å². The minimum Gasteiger partial charge on any atom is -0.316 e. The van der Waals surface area contributed by atoms with Crippen molar-refractivity contribution >= 4 is 15.9 Å². The summed E-state index contributed by atoms with van der Waals surface area (Å²) in [6.07, 6.45) is 1.11. The van der Waals surface area contributed by atoms with Gasteiger partial charge in [-0.2, -0.15) is 0 Å². The van der Waals surface area contributed by atoms with Gasteiger partial charge in [0.2, 0.25) is 0 Å². The Labute approximate surface area is 85.5 Å². The average Bonchev–Trinajstić information content (AvgIpc) is 2.62. The summed E-state index contributed by atoms with van der Waals surface area (Å²) in [5, 5.41) is 3.27. The van der Waals surface area contributed by atoms with E-state index in [-0.39, 0.29) is 5.82 Å². The fraction of sp³-hybridized carbons (Fsp3) is 0.400. The molecule has 70 valence electrons. The molecule has 1 aliphatic rings. The summed E-state index contributed by atoms with van der Waals surface area (Å²) in [5.74, 6) is 0.326. The molecule has 1 atom stereocenters. The Balaban J connectivity index is 2.25. The van der Waals surface area contributed by atoms with Gasteiger partial charge >= 0.3 is 0 Å². The second kappa shape index (κ2) is 3.76. The van der Waals surface area contributed by atoms with Gasteiger partial charge < -0.3 is 5.32 Å². The lowest BCUT2D eigenvalue weighted by Crippen LogP contribution is -2.08. The molecule has 0 amide bonds. The molecule has 1 aromatic carbocycles. The van der Waals surface area contributed by atoms with Crippen LogP contribution in [-0.4, -0.2) is 13.1 Å². The van der Waals surface area contributed by atoms with Crippen molar-refractivity contribution in [2.24, 2.45) is 0 Å². The lowest BCUT2D eigenvalue weighted by molar-refractivity contribution is 0.614. The maximum Gasteiger partial charge on any atom is 0.137 e. The highest BCUT2D eigenvalue weighted by Gasteiger charge is 2.17. The van der Waals surface area contributed by atoms with Gasteiger partial charge in [0, 0.05) is 6.54 Å². The SMILES string of the molecule is Fc1cc([C@H]2CCNC2)ccc1Br. The molecule has 0 aromatic heterocycles. The highest BCUT2D eigenvalue weighted by molar-refractivity contribution is 9.10. The predicted molar refractivity (Wildman–Crippen MR) is 54.3 cm³/mol. The van der Waals surface area contributed by atoms with Crippen LogP contribution in [0, 0.1) is 5.82 Å². The third-order valence-corrected chi connectivity index (χ3v) is 3.12. The van der Waals surface area contributed by atoms with Crippen molar-refractivity contribution in [2.75, 3.05) is 13.1 Å². The molecule has 0 unspecified atom stereocenters. The Bertz CT molecular complexity index is 308. The first kappa shape index (κ1) is 9.16. The van der Waals surface area contributed by atoms with Crippen LogP contribution in [0.4, 0.5) is 4.39 Å². The molecule has 0 spiro atoms. The van der Waals surface area contributed by atoms with E-state index in [1.807, 2.05) is 6.07 Å². The van der Waals surface area contributed by atoms with Gasteiger partial charge in [-0.15, -0.1) is 0 Å². The summed E-state index contributed by atoms with van der Waals surface area (Å²) in [7, 11) is 0. The molecule has 1 fully saturated rings. The number of hydrogen-bond donors (Lipinski definition) is 1. The Kier molecular flexibility index (Phi) is 2.65. The van der Waals surface area contributed by atoms with Crippen molar-refractivity contribution in [3.8, 4) is 0 Å². The largest absolute Gasteiger partial charge is 0.316 e. The Morgan fingerprint density at radius 3 is 2.92 bits per heavy atom. The molecular formula is C10H11BrFN. The summed E-state index contributed by atoms with van der Waals surface area (Å²) in [6.45, 7) is 2.02. The van der Waals surface area contributed by atoms with Crippen molar-refractivity contribution in [3.63, 3.8) is 0 Å². The zero-order valence-electron chi connectivity index (χ0n) is 7.19. The van der Waals surface area contributed by atoms with Crippen LogP contribution in [0.1, 0.15) is 17.9 Å². The zero-order chi connectivity index (χ0) is 9.26. The minimum absolute atomic E-state index is 0.163. The van der Waals surface area contributed by atoms with Crippen LogP contribution < -0.4 is 5.32 Å². The fourth-order valence-corrected chi connectivity index (χ4v) is 1.95. The van der Waals surface area contributed by atoms with Gasteiger partial charge in [-0.1, -0.05) is 6.07 Å². The molecule has 1 heterocycles. The monoisotopic (exact) mass is 243 g/mol. The van der Waals surface area contributed by atoms with Gasteiger partial charge in [0.05, 0.1) is 4.47 Å². The van der Waals surface area contributed by atoms with Crippen molar-refractivity contribution in [1.82, 2.24) is 5.32 Å². The van der Waals surface area contributed by atoms with Gasteiger partial charge in [-0.3, -0.25) is 0 Å². The topological polar surface area (TPSA) is 12.0 Å². The predicted octanol–water partition coefficient (Wildman–Crippen LogP) is 2.67. The van der Waals surface area contributed by atoms with Crippen LogP contribution in [0.15, 0.2) is 22.7 Å². The van der Waals surface area contributed by atoms with Gasteiger partial charge in [0.25, 0.3) is 0 Å². The lowest BCUT2D eigenvalue weighted by Gasteiger charge is -2.08. The molecule has 2 rings (SSSR count). The Morgan fingerprint density at radius 2 is 2.31 bits per heavy atom. The van der Waals surface area contributed by atoms with E-state index in [1.165, 1.54) is 0 Å². The zero-order valence-corrected chi connectivity index (χ0v) is 8.77. The first-order chi connectivity index (χ1) is 6.27. The van der Waals surface area contributed by atoms with Gasteiger partial charge in [-0.05, 0) is 52.5 Å². The summed E-state index contributed by atoms with van der Waals surface area (Å²) >= 11 is 3.15. The van der Waals surface area contributed by atoms with Gasteiger partial charge in [-0.25, -0.2) is 4.39 Å². The molecule has 13 heavy (non-hydrogen) atoms. The summed E-state index contributed by atoms with van der Waals surface area (Å²) < 4.78 is 13.7. The number of nitrogens with one attached hydrogen (secondary N) is 1. The number of rotatable bonds is 1. The van der Waals surface area contributed by atoms with Gasteiger partial charge in [0.1, 0.15) is 5.82 Å². The summed E-state index contributed by atoms with van der Waals surface area (Å²) in [4.78, 5) is 0.